The smallest absolute Gasteiger partial charge is 0.0537 e. The van der Waals surface area contributed by atoms with Crippen molar-refractivity contribution in [1.29, 1.82) is 0 Å². The summed E-state index contributed by atoms with van der Waals surface area (Å²) >= 11 is 0. The van der Waals surface area contributed by atoms with Gasteiger partial charge in [0.1, 0.15) is 0 Å². The number of aromatic nitrogens is 2. The first-order chi connectivity index (χ1) is 8.66. The number of aryl methyl sites for hydroxylation is 1. The second-order valence-electron chi connectivity index (χ2n) is 5.20. The standard InChI is InChI=1S/C13H25N5/c1-12-13(11-15-17(12)3)10-14-4-5-18-8-6-16(2)7-9-18/h11,14H,4-10H2,1-3H3. The van der Waals surface area contributed by atoms with Crippen LogP contribution in [0, 0.1) is 6.92 Å². The minimum absolute atomic E-state index is 0.924. The molecule has 1 fully saturated rings. The van der Waals surface area contributed by atoms with E-state index < -0.39 is 0 Å². The Hall–Kier alpha value is -0.910. The molecule has 0 spiro atoms. The third kappa shape index (κ3) is 3.54. The number of likely N-dealkylation sites (N-methyl/N-ethyl adjacent to an activating group) is 1. The SMILES string of the molecule is Cc1c(CNCCN2CCN(C)CC2)cnn1C. The minimum Gasteiger partial charge on any atom is -0.311 e. The topological polar surface area (TPSA) is 36.3 Å². The molecule has 18 heavy (non-hydrogen) atoms. The fourth-order valence-corrected chi connectivity index (χ4v) is 2.25. The van der Waals surface area contributed by atoms with E-state index in [1.54, 1.807) is 0 Å². The Morgan fingerprint density at radius 2 is 1.94 bits per heavy atom. The molecule has 0 aromatic carbocycles. The van der Waals surface area contributed by atoms with Gasteiger partial charge in [-0.1, -0.05) is 0 Å². The lowest BCUT2D eigenvalue weighted by Crippen LogP contribution is -2.46. The van der Waals surface area contributed by atoms with Crippen molar-refractivity contribution in [2.24, 2.45) is 7.05 Å². The van der Waals surface area contributed by atoms with E-state index in [2.05, 4.69) is 34.2 Å². The Labute approximate surface area is 110 Å². The first-order valence-electron chi connectivity index (χ1n) is 6.76. The normalized spacial score (nSPS) is 18.4. The molecule has 0 atom stereocenters. The van der Waals surface area contributed by atoms with Crippen LogP contribution < -0.4 is 5.32 Å². The van der Waals surface area contributed by atoms with Gasteiger partial charge >= 0.3 is 0 Å². The van der Waals surface area contributed by atoms with Crippen LogP contribution in [0.5, 0.6) is 0 Å². The predicted octanol–water partition coefficient (Wildman–Crippen LogP) is 0.0655. The summed E-state index contributed by atoms with van der Waals surface area (Å²) in [6.45, 7) is 10.0. The van der Waals surface area contributed by atoms with Crippen molar-refractivity contribution in [1.82, 2.24) is 24.9 Å². The highest BCUT2D eigenvalue weighted by atomic mass is 15.3. The third-order valence-electron chi connectivity index (χ3n) is 3.85. The Morgan fingerprint density at radius 1 is 1.22 bits per heavy atom. The highest BCUT2D eigenvalue weighted by Gasteiger charge is 2.12. The van der Waals surface area contributed by atoms with E-state index in [0.29, 0.717) is 0 Å². The van der Waals surface area contributed by atoms with Crippen LogP contribution >= 0.6 is 0 Å². The van der Waals surface area contributed by atoms with Gasteiger partial charge in [-0.15, -0.1) is 0 Å². The highest BCUT2D eigenvalue weighted by molar-refractivity contribution is 5.15. The molecule has 1 saturated heterocycles. The summed E-state index contributed by atoms with van der Waals surface area (Å²) < 4.78 is 1.93. The minimum atomic E-state index is 0.924. The van der Waals surface area contributed by atoms with Crippen LogP contribution in [0.3, 0.4) is 0 Å². The summed E-state index contributed by atoms with van der Waals surface area (Å²) in [4.78, 5) is 4.92. The number of hydrogen-bond acceptors (Lipinski definition) is 4. The van der Waals surface area contributed by atoms with Crippen LogP contribution in [-0.4, -0.2) is 65.9 Å². The molecule has 102 valence electrons. The van der Waals surface area contributed by atoms with E-state index in [4.69, 9.17) is 0 Å². The number of hydrogen-bond donors (Lipinski definition) is 1. The zero-order valence-electron chi connectivity index (χ0n) is 11.8. The van der Waals surface area contributed by atoms with Gasteiger partial charge in [0.2, 0.25) is 0 Å². The molecule has 0 amide bonds. The molecule has 1 aromatic rings. The molecule has 2 rings (SSSR count). The van der Waals surface area contributed by atoms with Gasteiger partial charge in [-0.2, -0.15) is 5.10 Å². The molecule has 5 heteroatoms. The van der Waals surface area contributed by atoms with Crippen molar-refractivity contribution in [3.8, 4) is 0 Å². The van der Waals surface area contributed by atoms with Gasteiger partial charge in [0, 0.05) is 64.1 Å². The molecule has 0 bridgehead atoms. The quantitative estimate of drug-likeness (QED) is 0.751. The molecule has 2 heterocycles. The number of nitrogens with one attached hydrogen (secondary N) is 1. The van der Waals surface area contributed by atoms with Gasteiger partial charge in [-0.05, 0) is 14.0 Å². The second kappa shape index (κ2) is 6.31. The van der Waals surface area contributed by atoms with E-state index >= 15 is 0 Å². The van der Waals surface area contributed by atoms with Crippen molar-refractivity contribution in [3.05, 3.63) is 17.5 Å². The molecular formula is C13H25N5. The van der Waals surface area contributed by atoms with E-state index in [0.717, 1.165) is 19.6 Å². The van der Waals surface area contributed by atoms with Crippen LogP contribution in [0.15, 0.2) is 6.20 Å². The number of rotatable bonds is 5. The molecule has 1 aliphatic rings. The maximum atomic E-state index is 4.25. The Kier molecular flexibility index (Phi) is 4.74. The lowest BCUT2D eigenvalue weighted by atomic mass is 10.2. The Bertz CT molecular complexity index is 365. The van der Waals surface area contributed by atoms with Crippen LogP contribution in [0.1, 0.15) is 11.3 Å². The maximum Gasteiger partial charge on any atom is 0.0537 e. The highest BCUT2D eigenvalue weighted by Crippen LogP contribution is 2.04. The molecule has 5 nitrogen and oxygen atoms in total. The zero-order chi connectivity index (χ0) is 13.0. The molecule has 1 aliphatic heterocycles. The van der Waals surface area contributed by atoms with Crippen molar-refractivity contribution in [3.63, 3.8) is 0 Å². The summed E-state index contributed by atoms with van der Waals surface area (Å²) in [5, 5.41) is 7.76. The molecule has 0 aliphatic carbocycles. The first-order valence-corrected chi connectivity index (χ1v) is 6.76. The molecule has 1 aromatic heterocycles. The molecule has 1 N–H and O–H groups in total. The molecule has 0 radical (unpaired) electrons. The predicted molar refractivity (Wildman–Crippen MR) is 73.6 cm³/mol. The van der Waals surface area contributed by atoms with Crippen LogP contribution in [0.4, 0.5) is 0 Å². The molecule has 0 unspecified atom stereocenters. The number of piperazine rings is 1. The Morgan fingerprint density at radius 3 is 2.56 bits per heavy atom. The van der Waals surface area contributed by atoms with E-state index in [-0.39, 0.29) is 0 Å². The van der Waals surface area contributed by atoms with E-state index in [1.165, 1.54) is 37.4 Å². The van der Waals surface area contributed by atoms with Crippen LogP contribution in [-0.2, 0) is 13.6 Å². The van der Waals surface area contributed by atoms with E-state index in [9.17, 15) is 0 Å². The average molecular weight is 251 g/mol. The summed E-state index contributed by atoms with van der Waals surface area (Å²) in [5.41, 5.74) is 2.55. The second-order valence-corrected chi connectivity index (χ2v) is 5.20. The lowest BCUT2D eigenvalue weighted by molar-refractivity contribution is 0.154. The maximum absolute atomic E-state index is 4.25. The molecule has 0 saturated carbocycles. The summed E-state index contributed by atoms with van der Waals surface area (Å²) in [5.74, 6) is 0. The van der Waals surface area contributed by atoms with Gasteiger partial charge in [-0.3, -0.25) is 9.58 Å². The fourth-order valence-electron chi connectivity index (χ4n) is 2.25. The van der Waals surface area contributed by atoms with Crippen LogP contribution in [0.25, 0.3) is 0 Å². The Balaban J connectivity index is 1.63. The van der Waals surface area contributed by atoms with Crippen molar-refractivity contribution < 1.29 is 0 Å². The van der Waals surface area contributed by atoms with E-state index in [1.807, 2.05) is 17.9 Å². The molecular weight excluding hydrogens is 226 g/mol. The fraction of sp³-hybridized carbons (Fsp3) is 0.769. The summed E-state index contributed by atoms with van der Waals surface area (Å²) in [7, 11) is 4.18. The number of nitrogens with zero attached hydrogens (tertiary/aromatic N) is 4. The van der Waals surface area contributed by atoms with Gasteiger partial charge in [-0.25, -0.2) is 0 Å². The van der Waals surface area contributed by atoms with Gasteiger partial charge in [0.25, 0.3) is 0 Å². The van der Waals surface area contributed by atoms with Crippen molar-refractivity contribution in [2.45, 2.75) is 13.5 Å². The lowest BCUT2D eigenvalue weighted by Gasteiger charge is -2.32. The average Bonchev–Trinajstić information content (AvgIpc) is 2.68. The van der Waals surface area contributed by atoms with Gasteiger partial charge < -0.3 is 10.2 Å². The van der Waals surface area contributed by atoms with Crippen molar-refractivity contribution in [2.75, 3.05) is 46.3 Å². The summed E-state index contributed by atoms with van der Waals surface area (Å²) in [6.07, 6.45) is 1.96. The van der Waals surface area contributed by atoms with Gasteiger partial charge in [0.05, 0.1) is 6.20 Å². The summed E-state index contributed by atoms with van der Waals surface area (Å²) in [6, 6.07) is 0. The first kappa shape index (κ1) is 13.5. The zero-order valence-corrected chi connectivity index (χ0v) is 11.8. The van der Waals surface area contributed by atoms with Gasteiger partial charge in [0.15, 0.2) is 0 Å². The largest absolute Gasteiger partial charge is 0.311 e. The monoisotopic (exact) mass is 251 g/mol. The van der Waals surface area contributed by atoms with Crippen molar-refractivity contribution >= 4 is 0 Å². The third-order valence-corrected chi connectivity index (χ3v) is 3.85. The van der Waals surface area contributed by atoms with Crippen LogP contribution in [0.2, 0.25) is 0 Å².